The molecule has 128 valence electrons. The lowest BCUT2D eigenvalue weighted by molar-refractivity contribution is -0.134. The molecule has 2 unspecified atom stereocenters. The Bertz CT molecular complexity index is 836. The molecule has 2 heterocycles. The topological polar surface area (TPSA) is 60.9 Å². The Balaban J connectivity index is 1.65. The van der Waals surface area contributed by atoms with Gasteiger partial charge in [-0.1, -0.05) is 48.5 Å². The lowest BCUT2D eigenvalue weighted by Crippen LogP contribution is -2.49. The van der Waals surface area contributed by atoms with Crippen molar-refractivity contribution in [1.29, 1.82) is 0 Å². The second kappa shape index (κ2) is 5.70. The van der Waals surface area contributed by atoms with Crippen LogP contribution in [0.25, 0.3) is 0 Å². The number of anilines is 1. The minimum atomic E-state index is -1.18. The summed E-state index contributed by atoms with van der Waals surface area (Å²) < 4.78 is 0. The molecule has 2 amide bonds. The fraction of sp³-hybridized carbons (Fsp3) is 0.300. The molecule has 5 heteroatoms. The van der Waals surface area contributed by atoms with Gasteiger partial charge >= 0.3 is 0 Å². The van der Waals surface area contributed by atoms with E-state index in [4.69, 9.17) is 0 Å². The van der Waals surface area contributed by atoms with Gasteiger partial charge in [0.15, 0.2) is 0 Å². The summed E-state index contributed by atoms with van der Waals surface area (Å²) >= 11 is 0. The molecular formula is C20H20N2O3. The Morgan fingerprint density at radius 3 is 2.52 bits per heavy atom. The number of rotatable bonds is 3. The highest BCUT2D eigenvalue weighted by Crippen LogP contribution is 2.49. The lowest BCUT2D eigenvalue weighted by Gasteiger charge is -2.29. The first kappa shape index (κ1) is 15.8. The first-order valence-corrected chi connectivity index (χ1v) is 8.45. The maximum absolute atomic E-state index is 12.9. The van der Waals surface area contributed by atoms with Gasteiger partial charge in [-0.3, -0.25) is 9.59 Å². The zero-order valence-corrected chi connectivity index (χ0v) is 14.1. The van der Waals surface area contributed by atoms with E-state index in [0.717, 1.165) is 16.8 Å². The standard InChI is InChI=1S/C20H20N2O3/c1-21-16-10-6-5-9-15(16)20(18(21)24)13-17(23)22(19(20)25)12-11-14-7-3-2-4-8-14/h2-10,19,25H,11-13H2,1H3. The van der Waals surface area contributed by atoms with Gasteiger partial charge in [0.2, 0.25) is 11.8 Å². The number of para-hydroxylation sites is 1. The molecule has 0 saturated carbocycles. The van der Waals surface area contributed by atoms with Crippen LogP contribution in [-0.4, -0.2) is 41.6 Å². The van der Waals surface area contributed by atoms with Crippen LogP contribution in [0.5, 0.6) is 0 Å². The van der Waals surface area contributed by atoms with E-state index in [-0.39, 0.29) is 18.2 Å². The van der Waals surface area contributed by atoms with Crippen molar-refractivity contribution in [2.24, 2.45) is 0 Å². The zero-order valence-electron chi connectivity index (χ0n) is 14.1. The third-order valence-corrected chi connectivity index (χ3v) is 5.40. The molecule has 0 aromatic heterocycles. The van der Waals surface area contributed by atoms with Crippen molar-refractivity contribution in [2.45, 2.75) is 24.5 Å². The molecule has 2 aromatic rings. The van der Waals surface area contributed by atoms with E-state index in [1.165, 1.54) is 4.90 Å². The number of amides is 2. The number of fused-ring (bicyclic) bond motifs is 2. The molecular weight excluding hydrogens is 316 g/mol. The Labute approximate surface area is 146 Å². The maximum atomic E-state index is 12.9. The largest absolute Gasteiger partial charge is 0.372 e. The van der Waals surface area contributed by atoms with Crippen LogP contribution in [0.15, 0.2) is 54.6 Å². The van der Waals surface area contributed by atoms with Crippen LogP contribution in [0.3, 0.4) is 0 Å². The van der Waals surface area contributed by atoms with Crippen molar-refractivity contribution in [3.63, 3.8) is 0 Å². The second-order valence-corrected chi connectivity index (χ2v) is 6.73. The SMILES string of the molecule is CN1C(=O)C2(CC(=O)N(CCc3ccccc3)C2O)c2ccccc21. The van der Waals surface area contributed by atoms with Gasteiger partial charge in [0.05, 0.1) is 0 Å². The van der Waals surface area contributed by atoms with Gasteiger partial charge in [-0.15, -0.1) is 0 Å². The maximum Gasteiger partial charge on any atom is 0.242 e. The highest BCUT2D eigenvalue weighted by atomic mass is 16.3. The first-order valence-electron chi connectivity index (χ1n) is 8.45. The Hall–Kier alpha value is -2.66. The number of likely N-dealkylation sites (N-methyl/N-ethyl adjacent to an activating group) is 1. The van der Waals surface area contributed by atoms with Crippen LogP contribution in [0.2, 0.25) is 0 Å². The van der Waals surface area contributed by atoms with Gasteiger partial charge in [0.1, 0.15) is 11.6 Å². The number of carbonyl (C=O) groups is 2. The summed E-state index contributed by atoms with van der Waals surface area (Å²) in [6, 6.07) is 17.2. The molecule has 2 aliphatic heterocycles. The summed E-state index contributed by atoms with van der Waals surface area (Å²) in [7, 11) is 1.69. The molecule has 1 N–H and O–H groups in total. The van der Waals surface area contributed by atoms with Gasteiger partial charge in [-0.25, -0.2) is 0 Å². The number of hydrogen-bond donors (Lipinski definition) is 1. The van der Waals surface area contributed by atoms with Crippen LogP contribution >= 0.6 is 0 Å². The van der Waals surface area contributed by atoms with Crippen LogP contribution in [0.4, 0.5) is 5.69 Å². The van der Waals surface area contributed by atoms with Crippen LogP contribution < -0.4 is 4.90 Å². The average molecular weight is 336 g/mol. The number of carbonyl (C=O) groups excluding carboxylic acids is 2. The van der Waals surface area contributed by atoms with Crippen molar-refractivity contribution in [3.05, 3.63) is 65.7 Å². The van der Waals surface area contributed by atoms with Gasteiger partial charge in [0, 0.05) is 25.7 Å². The fourth-order valence-corrected chi connectivity index (χ4v) is 4.06. The molecule has 1 saturated heterocycles. The van der Waals surface area contributed by atoms with E-state index >= 15 is 0 Å². The number of aliphatic hydroxyl groups excluding tert-OH is 1. The summed E-state index contributed by atoms with van der Waals surface area (Å²) in [4.78, 5) is 28.6. The molecule has 0 radical (unpaired) electrons. The molecule has 25 heavy (non-hydrogen) atoms. The molecule has 0 aliphatic carbocycles. The summed E-state index contributed by atoms with van der Waals surface area (Å²) in [6.07, 6.45) is -0.475. The highest BCUT2D eigenvalue weighted by molar-refractivity contribution is 6.11. The third kappa shape index (κ3) is 2.19. The van der Waals surface area contributed by atoms with Crippen LogP contribution in [-0.2, 0) is 21.4 Å². The molecule has 4 rings (SSSR count). The van der Waals surface area contributed by atoms with Crippen LogP contribution in [0.1, 0.15) is 17.5 Å². The van der Waals surface area contributed by atoms with E-state index in [0.29, 0.717) is 13.0 Å². The highest BCUT2D eigenvalue weighted by Gasteiger charge is 2.62. The van der Waals surface area contributed by atoms with Gasteiger partial charge in [-0.2, -0.15) is 0 Å². The van der Waals surface area contributed by atoms with Crippen molar-refractivity contribution in [3.8, 4) is 0 Å². The minimum Gasteiger partial charge on any atom is -0.372 e. The molecule has 5 nitrogen and oxygen atoms in total. The third-order valence-electron chi connectivity index (χ3n) is 5.40. The van der Waals surface area contributed by atoms with Gasteiger partial charge in [0.25, 0.3) is 0 Å². The summed E-state index contributed by atoms with van der Waals surface area (Å²) in [5.74, 6) is -0.390. The fourth-order valence-electron chi connectivity index (χ4n) is 4.06. The molecule has 2 atom stereocenters. The first-order chi connectivity index (χ1) is 12.1. The van der Waals surface area contributed by atoms with E-state index in [9.17, 15) is 14.7 Å². The second-order valence-electron chi connectivity index (χ2n) is 6.73. The Kier molecular flexibility index (Phi) is 3.62. The van der Waals surface area contributed by atoms with E-state index in [1.807, 2.05) is 54.6 Å². The number of benzene rings is 2. The van der Waals surface area contributed by atoms with Crippen molar-refractivity contribution in [1.82, 2.24) is 4.90 Å². The Morgan fingerprint density at radius 2 is 1.76 bits per heavy atom. The number of likely N-dealkylation sites (tertiary alicyclic amines) is 1. The zero-order chi connectivity index (χ0) is 17.6. The average Bonchev–Trinajstić information content (AvgIpc) is 3.02. The predicted molar refractivity (Wildman–Crippen MR) is 94.0 cm³/mol. The van der Waals surface area contributed by atoms with Crippen LogP contribution in [0, 0.1) is 0 Å². The molecule has 2 aromatic carbocycles. The van der Waals surface area contributed by atoms with Crippen molar-refractivity contribution < 1.29 is 14.7 Å². The van der Waals surface area contributed by atoms with E-state index < -0.39 is 11.6 Å². The summed E-state index contributed by atoms with van der Waals surface area (Å²) in [5, 5.41) is 11.0. The molecule has 1 fully saturated rings. The molecule has 1 spiro atoms. The quantitative estimate of drug-likeness (QED) is 0.928. The normalized spacial score (nSPS) is 25.1. The van der Waals surface area contributed by atoms with E-state index in [2.05, 4.69) is 0 Å². The summed E-state index contributed by atoms with van der Waals surface area (Å²) in [6.45, 7) is 0.394. The van der Waals surface area contributed by atoms with Crippen molar-refractivity contribution >= 4 is 17.5 Å². The number of hydrogen-bond acceptors (Lipinski definition) is 3. The van der Waals surface area contributed by atoms with Crippen molar-refractivity contribution in [2.75, 3.05) is 18.5 Å². The molecule has 0 bridgehead atoms. The van der Waals surface area contributed by atoms with Gasteiger partial charge in [-0.05, 0) is 23.6 Å². The minimum absolute atomic E-state index is 0.0170. The summed E-state index contributed by atoms with van der Waals surface area (Å²) in [5.41, 5.74) is 1.42. The lowest BCUT2D eigenvalue weighted by atomic mass is 9.79. The van der Waals surface area contributed by atoms with E-state index in [1.54, 1.807) is 11.9 Å². The number of aliphatic hydroxyl groups is 1. The molecule has 2 aliphatic rings. The Morgan fingerprint density at radius 1 is 1.08 bits per heavy atom. The number of nitrogens with zero attached hydrogens (tertiary/aromatic N) is 2. The smallest absolute Gasteiger partial charge is 0.242 e. The van der Waals surface area contributed by atoms with Gasteiger partial charge < -0.3 is 14.9 Å². The monoisotopic (exact) mass is 336 g/mol. The predicted octanol–water partition coefficient (Wildman–Crippen LogP) is 1.69.